The number of aromatic nitrogens is 1. The van der Waals surface area contributed by atoms with Gasteiger partial charge in [0.25, 0.3) is 0 Å². The van der Waals surface area contributed by atoms with Gasteiger partial charge in [0.1, 0.15) is 11.6 Å². The van der Waals surface area contributed by atoms with Crippen LogP contribution >= 0.6 is 11.6 Å². The van der Waals surface area contributed by atoms with Gasteiger partial charge < -0.3 is 10.2 Å². The zero-order valence-corrected chi connectivity index (χ0v) is 13.9. The number of benzene rings is 2. The van der Waals surface area contributed by atoms with E-state index in [0.29, 0.717) is 29.4 Å². The third kappa shape index (κ3) is 3.28. The van der Waals surface area contributed by atoms with Gasteiger partial charge in [0.15, 0.2) is 5.82 Å². The number of hydrogen-bond donors (Lipinski definition) is 1. The third-order valence-electron chi connectivity index (χ3n) is 4.10. The lowest BCUT2D eigenvalue weighted by Gasteiger charge is -2.18. The standard InChI is InChI=1S/C19H14ClF2N3/c20-15-3-1-2-12(4-15)10-25-11-24-19-18(25)7-14(9-23-19)13-5-16(21)8-17(22)6-13/h1-9H,10-11H2,(H,23,24). The van der Waals surface area contributed by atoms with Gasteiger partial charge in [-0.3, -0.25) is 0 Å². The number of anilines is 2. The lowest BCUT2D eigenvalue weighted by atomic mass is 10.1. The summed E-state index contributed by atoms with van der Waals surface area (Å²) in [6.45, 7) is 1.26. The van der Waals surface area contributed by atoms with Gasteiger partial charge in [-0.1, -0.05) is 23.7 Å². The lowest BCUT2D eigenvalue weighted by Crippen LogP contribution is -2.22. The highest BCUT2D eigenvalue weighted by Crippen LogP contribution is 2.34. The largest absolute Gasteiger partial charge is 0.351 e. The summed E-state index contributed by atoms with van der Waals surface area (Å²) in [6, 6.07) is 13.0. The zero-order chi connectivity index (χ0) is 17.4. The Balaban J connectivity index is 1.67. The van der Waals surface area contributed by atoms with E-state index in [2.05, 4.69) is 15.2 Å². The van der Waals surface area contributed by atoms with E-state index in [4.69, 9.17) is 11.6 Å². The molecule has 126 valence electrons. The van der Waals surface area contributed by atoms with Crippen LogP contribution in [0.15, 0.2) is 54.7 Å². The van der Waals surface area contributed by atoms with Crippen molar-refractivity contribution < 1.29 is 8.78 Å². The number of nitrogens with zero attached hydrogens (tertiary/aromatic N) is 2. The van der Waals surface area contributed by atoms with E-state index in [9.17, 15) is 8.78 Å². The van der Waals surface area contributed by atoms with Gasteiger partial charge in [-0.15, -0.1) is 0 Å². The number of nitrogens with one attached hydrogen (secondary N) is 1. The monoisotopic (exact) mass is 357 g/mol. The number of hydrogen-bond acceptors (Lipinski definition) is 3. The Morgan fingerprint density at radius 1 is 1.04 bits per heavy atom. The van der Waals surface area contributed by atoms with Crippen LogP contribution in [0, 0.1) is 11.6 Å². The van der Waals surface area contributed by atoms with Crippen molar-refractivity contribution in [2.75, 3.05) is 16.9 Å². The Kier molecular flexibility index (Phi) is 4.01. The third-order valence-corrected chi connectivity index (χ3v) is 4.34. The molecule has 25 heavy (non-hydrogen) atoms. The Hall–Kier alpha value is -2.66. The fourth-order valence-electron chi connectivity index (χ4n) is 2.96. The molecule has 0 radical (unpaired) electrons. The number of pyridine rings is 1. The van der Waals surface area contributed by atoms with Crippen LogP contribution in [0.5, 0.6) is 0 Å². The summed E-state index contributed by atoms with van der Waals surface area (Å²) >= 11 is 6.05. The number of halogens is 3. The van der Waals surface area contributed by atoms with Crippen molar-refractivity contribution in [3.05, 3.63) is 76.9 Å². The number of rotatable bonds is 3. The predicted octanol–water partition coefficient (Wildman–Crippen LogP) is 5.07. The highest BCUT2D eigenvalue weighted by molar-refractivity contribution is 6.30. The highest BCUT2D eigenvalue weighted by Gasteiger charge is 2.21. The average Bonchev–Trinajstić information content (AvgIpc) is 2.96. The first-order chi connectivity index (χ1) is 12.1. The Morgan fingerprint density at radius 2 is 1.84 bits per heavy atom. The van der Waals surface area contributed by atoms with Gasteiger partial charge in [-0.2, -0.15) is 0 Å². The average molecular weight is 358 g/mol. The molecule has 3 aromatic rings. The van der Waals surface area contributed by atoms with Crippen molar-refractivity contribution in [2.45, 2.75) is 6.54 Å². The maximum absolute atomic E-state index is 13.5. The van der Waals surface area contributed by atoms with Gasteiger partial charge in [0.05, 0.1) is 12.4 Å². The van der Waals surface area contributed by atoms with Crippen LogP contribution in [-0.4, -0.2) is 11.7 Å². The summed E-state index contributed by atoms with van der Waals surface area (Å²) in [6.07, 6.45) is 1.61. The highest BCUT2D eigenvalue weighted by atomic mass is 35.5. The minimum Gasteiger partial charge on any atom is -0.351 e. The van der Waals surface area contributed by atoms with Crippen molar-refractivity contribution in [3.63, 3.8) is 0 Å². The predicted molar refractivity (Wildman–Crippen MR) is 95.7 cm³/mol. The maximum atomic E-state index is 13.5. The van der Waals surface area contributed by atoms with E-state index >= 15 is 0 Å². The molecule has 1 N–H and O–H groups in total. The summed E-state index contributed by atoms with van der Waals surface area (Å²) < 4.78 is 27.0. The molecule has 0 saturated carbocycles. The second kappa shape index (κ2) is 6.33. The minimum atomic E-state index is -0.607. The molecule has 1 aliphatic rings. The Labute approximate surface area is 148 Å². The van der Waals surface area contributed by atoms with Crippen LogP contribution in [0.25, 0.3) is 11.1 Å². The van der Waals surface area contributed by atoms with E-state index in [1.54, 1.807) is 6.20 Å². The van der Waals surface area contributed by atoms with Gasteiger partial charge in [-0.25, -0.2) is 13.8 Å². The van der Waals surface area contributed by atoms with Crippen molar-refractivity contribution in [3.8, 4) is 11.1 Å². The van der Waals surface area contributed by atoms with Crippen molar-refractivity contribution in [2.24, 2.45) is 0 Å². The normalized spacial score (nSPS) is 12.8. The fraction of sp³-hybridized carbons (Fsp3) is 0.105. The minimum absolute atomic E-state index is 0.461. The van der Waals surface area contributed by atoms with Crippen molar-refractivity contribution in [1.29, 1.82) is 0 Å². The molecule has 0 atom stereocenters. The molecule has 0 amide bonds. The quantitative estimate of drug-likeness (QED) is 0.709. The van der Waals surface area contributed by atoms with Crippen LogP contribution in [0.3, 0.4) is 0 Å². The second-order valence-corrected chi connectivity index (χ2v) is 6.35. The second-order valence-electron chi connectivity index (χ2n) is 5.91. The molecule has 1 aromatic heterocycles. The van der Waals surface area contributed by atoms with Crippen LogP contribution in [0.2, 0.25) is 5.02 Å². The van der Waals surface area contributed by atoms with E-state index in [-0.39, 0.29) is 0 Å². The molecule has 6 heteroatoms. The summed E-state index contributed by atoms with van der Waals surface area (Å²) in [4.78, 5) is 6.48. The van der Waals surface area contributed by atoms with Crippen molar-refractivity contribution >= 4 is 23.1 Å². The molecule has 0 unspecified atom stereocenters. The van der Waals surface area contributed by atoms with Gasteiger partial charge in [-0.05, 0) is 41.5 Å². The zero-order valence-electron chi connectivity index (χ0n) is 13.1. The summed E-state index contributed by atoms with van der Waals surface area (Å²) in [5.74, 6) is -0.462. The number of fused-ring (bicyclic) bond motifs is 1. The molecule has 0 bridgehead atoms. The first-order valence-corrected chi connectivity index (χ1v) is 8.16. The molecule has 2 heterocycles. The smallest absolute Gasteiger partial charge is 0.151 e. The fourth-order valence-corrected chi connectivity index (χ4v) is 3.17. The molecular formula is C19H14ClF2N3. The summed E-state index contributed by atoms with van der Waals surface area (Å²) in [5, 5.41) is 3.91. The topological polar surface area (TPSA) is 28.2 Å². The molecule has 0 saturated heterocycles. The molecule has 0 aliphatic carbocycles. The van der Waals surface area contributed by atoms with Gasteiger partial charge in [0, 0.05) is 29.4 Å². The van der Waals surface area contributed by atoms with E-state index < -0.39 is 11.6 Å². The molecule has 3 nitrogen and oxygen atoms in total. The van der Waals surface area contributed by atoms with Crippen LogP contribution in [0.1, 0.15) is 5.56 Å². The first kappa shape index (κ1) is 15.8. The van der Waals surface area contributed by atoms with E-state index in [0.717, 1.165) is 23.1 Å². The summed E-state index contributed by atoms with van der Waals surface area (Å²) in [5.41, 5.74) is 3.09. The molecule has 2 aromatic carbocycles. The molecule has 0 spiro atoms. The molecular weight excluding hydrogens is 344 g/mol. The summed E-state index contributed by atoms with van der Waals surface area (Å²) in [7, 11) is 0. The van der Waals surface area contributed by atoms with E-state index in [1.807, 2.05) is 30.3 Å². The Bertz CT molecular complexity index is 925. The lowest BCUT2D eigenvalue weighted by molar-refractivity contribution is 0.584. The molecule has 1 aliphatic heterocycles. The maximum Gasteiger partial charge on any atom is 0.151 e. The molecule has 4 rings (SSSR count). The Morgan fingerprint density at radius 3 is 2.60 bits per heavy atom. The van der Waals surface area contributed by atoms with Crippen LogP contribution < -0.4 is 10.2 Å². The van der Waals surface area contributed by atoms with Gasteiger partial charge in [0.2, 0.25) is 0 Å². The van der Waals surface area contributed by atoms with Crippen LogP contribution in [0.4, 0.5) is 20.3 Å². The van der Waals surface area contributed by atoms with Crippen LogP contribution in [-0.2, 0) is 6.54 Å². The molecule has 0 fully saturated rings. The van der Waals surface area contributed by atoms with E-state index in [1.165, 1.54) is 12.1 Å². The van der Waals surface area contributed by atoms with Crippen molar-refractivity contribution in [1.82, 2.24) is 4.98 Å². The first-order valence-electron chi connectivity index (χ1n) is 7.78. The van der Waals surface area contributed by atoms with Gasteiger partial charge >= 0.3 is 0 Å². The SMILES string of the molecule is Fc1cc(F)cc(-c2cnc3c(c2)N(Cc2cccc(Cl)c2)CN3)c1.